The molecule has 7 heteroatoms. The van der Waals surface area contributed by atoms with E-state index in [0.29, 0.717) is 23.0 Å². The third-order valence-electron chi connectivity index (χ3n) is 3.20. The fourth-order valence-corrected chi connectivity index (χ4v) is 2.20. The highest BCUT2D eigenvalue weighted by Gasteiger charge is 2.13. The molecule has 0 radical (unpaired) electrons. The van der Waals surface area contributed by atoms with Gasteiger partial charge in [-0.1, -0.05) is 55.1 Å². The summed E-state index contributed by atoms with van der Waals surface area (Å²) < 4.78 is 10.2. The van der Waals surface area contributed by atoms with Crippen molar-refractivity contribution in [1.29, 1.82) is 0 Å². The first-order chi connectivity index (χ1) is 11.2. The van der Waals surface area contributed by atoms with Crippen LogP contribution in [0.2, 0.25) is 5.02 Å². The zero-order chi connectivity index (χ0) is 16.5. The number of carbonyl (C=O) groups excluding carboxylic acids is 1. The van der Waals surface area contributed by atoms with E-state index in [9.17, 15) is 4.79 Å². The van der Waals surface area contributed by atoms with Crippen LogP contribution < -0.4 is 10.1 Å². The van der Waals surface area contributed by atoms with Gasteiger partial charge >= 0.3 is 6.08 Å². The Morgan fingerprint density at radius 2 is 2.13 bits per heavy atom. The maximum absolute atomic E-state index is 11.6. The van der Waals surface area contributed by atoms with Crippen LogP contribution in [0, 0.1) is 0 Å². The van der Waals surface area contributed by atoms with Crippen molar-refractivity contribution < 1.29 is 14.1 Å². The van der Waals surface area contributed by atoms with Gasteiger partial charge in [-0.15, -0.1) is 0 Å². The lowest BCUT2D eigenvalue weighted by Gasteiger charge is -2.04. The van der Waals surface area contributed by atoms with Gasteiger partial charge < -0.3 is 10.1 Å². The molecule has 1 amide bonds. The van der Waals surface area contributed by atoms with Crippen molar-refractivity contribution in [2.45, 2.75) is 32.6 Å². The van der Waals surface area contributed by atoms with Crippen LogP contribution in [0.15, 0.2) is 28.8 Å². The first kappa shape index (κ1) is 17.3. The van der Waals surface area contributed by atoms with Gasteiger partial charge in [-0.25, -0.2) is 0 Å². The number of carbonyl (C=O) groups is 1. The van der Waals surface area contributed by atoms with Crippen LogP contribution in [0.5, 0.6) is 6.08 Å². The van der Waals surface area contributed by atoms with E-state index in [1.54, 1.807) is 12.1 Å². The predicted molar refractivity (Wildman–Crippen MR) is 87.4 cm³/mol. The SMILES string of the molecule is CCCCCCNC(=O)COc1nc(-c2ccccc2Cl)no1. The van der Waals surface area contributed by atoms with Crippen LogP contribution in [0.1, 0.15) is 32.6 Å². The summed E-state index contributed by atoms with van der Waals surface area (Å²) in [6, 6.07) is 7.15. The Balaban J connectivity index is 1.77. The number of benzene rings is 1. The minimum Gasteiger partial charge on any atom is -0.439 e. The average molecular weight is 338 g/mol. The van der Waals surface area contributed by atoms with Crippen molar-refractivity contribution in [3.63, 3.8) is 0 Å². The molecule has 0 saturated heterocycles. The Morgan fingerprint density at radius 1 is 1.30 bits per heavy atom. The number of hydrogen-bond acceptors (Lipinski definition) is 5. The quantitative estimate of drug-likeness (QED) is 0.709. The second-order valence-electron chi connectivity index (χ2n) is 5.06. The molecular weight excluding hydrogens is 318 g/mol. The van der Waals surface area contributed by atoms with E-state index >= 15 is 0 Å². The lowest BCUT2D eigenvalue weighted by atomic mass is 10.2. The fourth-order valence-electron chi connectivity index (χ4n) is 1.98. The van der Waals surface area contributed by atoms with Gasteiger partial charge in [0.15, 0.2) is 6.61 Å². The third kappa shape index (κ3) is 5.56. The Morgan fingerprint density at radius 3 is 2.91 bits per heavy atom. The Kier molecular flexibility index (Phi) is 6.87. The molecule has 0 aliphatic heterocycles. The summed E-state index contributed by atoms with van der Waals surface area (Å²) in [6.45, 7) is 2.64. The van der Waals surface area contributed by atoms with E-state index in [2.05, 4.69) is 22.4 Å². The number of nitrogens with one attached hydrogen (secondary N) is 1. The summed E-state index contributed by atoms with van der Waals surface area (Å²) in [4.78, 5) is 15.7. The summed E-state index contributed by atoms with van der Waals surface area (Å²) >= 11 is 6.06. The van der Waals surface area contributed by atoms with Crippen molar-refractivity contribution in [2.75, 3.05) is 13.2 Å². The van der Waals surface area contributed by atoms with Crippen LogP contribution in [-0.4, -0.2) is 29.2 Å². The number of unbranched alkanes of at least 4 members (excludes halogenated alkanes) is 3. The van der Waals surface area contributed by atoms with Crippen molar-refractivity contribution >= 4 is 17.5 Å². The zero-order valence-electron chi connectivity index (χ0n) is 13.0. The summed E-state index contributed by atoms with van der Waals surface area (Å²) in [5, 5.41) is 7.10. The molecule has 0 aliphatic rings. The number of aromatic nitrogens is 2. The largest absolute Gasteiger partial charge is 0.439 e. The van der Waals surface area contributed by atoms with E-state index in [4.69, 9.17) is 20.9 Å². The van der Waals surface area contributed by atoms with E-state index in [-0.39, 0.29) is 18.6 Å². The molecule has 0 saturated carbocycles. The fraction of sp³-hybridized carbons (Fsp3) is 0.438. The van der Waals surface area contributed by atoms with E-state index in [0.717, 1.165) is 12.8 Å². The zero-order valence-corrected chi connectivity index (χ0v) is 13.8. The maximum Gasteiger partial charge on any atom is 0.418 e. The molecule has 1 aromatic carbocycles. The number of amides is 1. The van der Waals surface area contributed by atoms with Crippen molar-refractivity contribution in [3.8, 4) is 17.5 Å². The molecule has 0 fully saturated rings. The second kappa shape index (κ2) is 9.15. The van der Waals surface area contributed by atoms with Gasteiger partial charge in [0, 0.05) is 12.1 Å². The molecule has 2 rings (SSSR count). The predicted octanol–water partition coefficient (Wildman–Crippen LogP) is 3.47. The normalized spacial score (nSPS) is 10.5. The van der Waals surface area contributed by atoms with E-state index in [1.165, 1.54) is 12.8 Å². The lowest BCUT2D eigenvalue weighted by molar-refractivity contribution is -0.123. The minimum atomic E-state index is -0.209. The van der Waals surface area contributed by atoms with Gasteiger partial charge in [0.25, 0.3) is 5.91 Å². The molecule has 1 heterocycles. The molecule has 0 unspecified atom stereocenters. The molecule has 1 N–H and O–H groups in total. The number of rotatable bonds is 9. The Bertz CT molecular complexity index is 631. The van der Waals surface area contributed by atoms with E-state index < -0.39 is 0 Å². The Labute approximate surface area is 140 Å². The Hall–Kier alpha value is -2.08. The average Bonchev–Trinajstić information content (AvgIpc) is 3.02. The number of nitrogens with zero attached hydrogens (tertiary/aromatic N) is 2. The van der Waals surface area contributed by atoms with Crippen molar-refractivity contribution in [3.05, 3.63) is 29.3 Å². The van der Waals surface area contributed by atoms with Crippen molar-refractivity contribution in [2.24, 2.45) is 0 Å². The van der Waals surface area contributed by atoms with Gasteiger partial charge in [-0.2, -0.15) is 4.98 Å². The summed E-state index contributed by atoms with van der Waals surface area (Å²) in [7, 11) is 0. The molecule has 124 valence electrons. The molecule has 2 aromatic rings. The van der Waals surface area contributed by atoms with Crippen LogP contribution in [-0.2, 0) is 4.79 Å². The topological polar surface area (TPSA) is 77.2 Å². The number of halogens is 1. The molecule has 0 bridgehead atoms. The molecular formula is C16H20ClN3O3. The van der Waals surface area contributed by atoms with Gasteiger partial charge in [0.1, 0.15) is 0 Å². The monoisotopic (exact) mass is 337 g/mol. The number of hydrogen-bond donors (Lipinski definition) is 1. The lowest BCUT2D eigenvalue weighted by Crippen LogP contribution is -2.29. The highest BCUT2D eigenvalue weighted by Crippen LogP contribution is 2.26. The maximum atomic E-state index is 11.6. The summed E-state index contributed by atoms with van der Waals surface area (Å²) in [5.74, 6) is 0.115. The molecule has 6 nitrogen and oxygen atoms in total. The van der Waals surface area contributed by atoms with Gasteiger partial charge in [-0.3, -0.25) is 9.32 Å². The third-order valence-corrected chi connectivity index (χ3v) is 3.53. The first-order valence-electron chi connectivity index (χ1n) is 7.68. The van der Waals surface area contributed by atoms with Crippen molar-refractivity contribution in [1.82, 2.24) is 15.5 Å². The smallest absolute Gasteiger partial charge is 0.418 e. The minimum absolute atomic E-state index is 0.0546. The second-order valence-corrected chi connectivity index (χ2v) is 5.47. The molecule has 23 heavy (non-hydrogen) atoms. The van der Waals surface area contributed by atoms with E-state index in [1.807, 2.05) is 12.1 Å². The number of ether oxygens (including phenoxy) is 1. The molecule has 0 spiro atoms. The summed E-state index contributed by atoms with van der Waals surface area (Å²) in [6.07, 6.45) is 4.38. The van der Waals surface area contributed by atoms with Gasteiger partial charge in [-0.05, 0) is 18.6 Å². The highest BCUT2D eigenvalue weighted by atomic mass is 35.5. The molecule has 0 atom stereocenters. The molecule has 0 aliphatic carbocycles. The highest BCUT2D eigenvalue weighted by molar-refractivity contribution is 6.33. The van der Waals surface area contributed by atoms with Gasteiger partial charge in [0.2, 0.25) is 5.82 Å². The summed E-state index contributed by atoms with van der Waals surface area (Å²) in [5.41, 5.74) is 0.646. The van der Waals surface area contributed by atoms with Crippen LogP contribution >= 0.6 is 11.6 Å². The standard InChI is InChI=1S/C16H20ClN3O3/c1-2-3-4-7-10-18-14(21)11-22-16-19-15(20-23-16)12-8-5-6-9-13(12)17/h5-6,8-9H,2-4,7,10-11H2,1H3,(H,18,21). The van der Waals surface area contributed by atoms with Crippen LogP contribution in [0.25, 0.3) is 11.4 Å². The first-order valence-corrected chi connectivity index (χ1v) is 8.06. The van der Waals surface area contributed by atoms with Gasteiger partial charge in [0.05, 0.1) is 5.02 Å². The van der Waals surface area contributed by atoms with Crippen LogP contribution in [0.3, 0.4) is 0 Å². The van der Waals surface area contributed by atoms with Crippen LogP contribution in [0.4, 0.5) is 0 Å². The molecule has 1 aromatic heterocycles.